The fraction of sp³-hybridized carbons (Fsp3) is 0.364. The normalized spacial score (nSPS) is 19.2. The molecule has 0 bridgehead atoms. The standard InChI is InChI=1S/C22H26N10O/c1-3-31-21(14-9-25-13(2)26-10-14)30-18-20(27-12-28-22(18)31)29-15-8-16(19(23)33)32(11-15)17-6-4-5-7-24-17/h4-7,9-10,12,15-16,19,33H,3,8,11,23H2,1-2H3,(H,27,28,29)/t15-,16+,19?/m0/s1. The quantitative estimate of drug-likeness (QED) is 0.371. The molecule has 5 rings (SSSR count). The van der Waals surface area contributed by atoms with E-state index in [0.29, 0.717) is 36.7 Å². The molecule has 4 aromatic heterocycles. The Morgan fingerprint density at radius 1 is 1.18 bits per heavy atom. The van der Waals surface area contributed by atoms with Crippen molar-refractivity contribution in [3.63, 3.8) is 0 Å². The number of nitrogens with two attached hydrogens (primary N) is 1. The Hall–Kier alpha value is -3.70. The summed E-state index contributed by atoms with van der Waals surface area (Å²) in [6, 6.07) is 5.43. The molecule has 11 nitrogen and oxygen atoms in total. The average molecular weight is 447 g/mol. The summed E-state index contributed by atoms with van der Waals surface area (Å²) in [4.78, 5) is 28.9. The third-order valence-corrected chi connectivity index (χ3v) is 5.91. The van der Waals surface area contributed by atoms with Gasteiger partial charge < -0.3 is 25.6 Å². The van der Waals surface area contributed by atoms with Gasteiger partial charge in [-0.15, -0.1) is 0 Å². The molecule has 4 N–H and O–H groups in total. The fourth-order valence-electron chi connectivity index (χ4n) is 4.35. The van der Waals surface area contributed by atoms with Crippen molar-refractivity contribution >= 4 is 22.8 Å². The molecular weight excluding hydrogens is 420 g/mol. The zero-order chi connectivity index (χ0) is 22.9. The van der Waals surface area contributed by atoms with E-state index in [1.165, 1.54) is 6.33 Å². The van der Waals surface area contributed by atoms with Crippen LogP contribution in [0.4, 0.5) is 11.6 Å². The first-order chi connectivity index (χ1) is 16.0. The number of nitrogens with zero attached hydrogens (tertiary/aromatic N) is 8. The number of rotatable bonds is 6. The van der Waals surface area contributed by atoms with E-state index in [2.05, 4.69) is 30.2 Å². The molecule has 11 heteroatoms. The van der Waals surface area contributed by atoms with Crippen LogP contribution in [0.15, 0.2) is 43.1 Å². The van der Waals surface area contributed by atoms with Crippen LogP contribution in [0.3, 0.4) is 0 Å². The van der Waals surface area contributed by atoms with E-state index < -0.39 is 6.23 Å². The number of anilines is 2. The summed E-state index contributed by atoms with van der Waals surface area (Å²) in [5.74, 6) is 2.86. The summed E-state index contributed by atoms with van der Waals surface area (Å²) in [7, 11) is 0. The molecule has 0 spiro atoms. The minimum absolute atomic E-state index is 0.00811. The average Bonchev–Trinajstić information content (AvgIpc) is 3.42. The van der Waals surface area contributed by atoms with Crippen LogP contribution < -0.4 is 16.0 Å². The van der Waals surface area contributed by atoms with Gasteiger partial charge in [-0.1, -0.05) is 6.07 Å². The van der Waals surface area contributed by atoms with Crippen molar-refractivity contribution in [3.05, 3.63) is 48.9 Å². The van der Waals surface area contributed by atoms with Crippen LogP contribution in [0.25, 0.3) is 22.6 Å². The highest BCUT2D eigenvalue weighted by Crippen LogP contribution is 2.30. The summed E-state index contributed by atoms with van der Waals surface area (Å²) in [5.41, 5.74) is 8.13. The molecule has 0 radical (unpaired) electrons. The molecular formula is C22H26N10O. The zero-order valence-corrected chi connectivity index (χ0v) is 18.5. The smallest absolute Gasteiger partial charge is 0.165 e. The number of aryl methyl sites for hydroxylation is 2. The number of imidazole rings is 1. The second kappa shape index (κ2) is 8.68. The molecule has 170 valence electrons. The van der Waals surface area contributed by atoms with Crippen LogP contribution in [0.1, 0.15) is 19.2 Å². The Bertz CT molecular complexity index is 1240. The van der Waals surface area contributed by atoms with Crippen molar-refractivity contribution in [2.45, 2.75) is 45.1 Å². The lowest BCUT2D eigenvalue weighted by molar-refractivity contribution is 0.152. The summed E-state index contributed by atoms with van der Waals surface area (Å²) >= 11 is 0. The number of hydrogen-bond acceptors (Lipinski definition) is 10. The molecule has 33 heavy (non-hydrogen) atoms. The molecule has 0 aliphatic carbocycles. The van der Waals surface area contributed by atoms with Crippen LogP contribution in [0, 0.1) is 6.92 Å². The number of fused-ring (bicyclic) bond motifs is 1. The predicted octanol–water partition coefficient (Wildman–Crippen LogP) is 1.34. The van der Waals surface area contributed by atoms with Gasteiger partial charge in [0.05, 0.1) is 11.6 Å². The maximum absolute atomic E-state index is 10.2. The minimum Gasteiger partial charge on any atom is -0.377 e. The van der Waals surface area contributed by atoms with E-state index in [0.717, 1.165) is 22.9 Å². The van der Waals surface area contributed by atoms with E-state index in [1.807, 2.05) is 41.5 Å². The number of aliphatic hydroxyl groups excluding tert-OH is 1. The molecule has 3 atom stereocenters. The Labute approximate surface area is 190 Å². The van der Waals surface area contributed by atoms with Crippen molar-refractivity contribution in [3.8, 4) is 11.4 Å². The molecule has 1 unspecified atom stereocenters. The van der Waals surface area contributed by atoms with Crippen LogP contribution >= 0.6 is 0 Å². The van der Waals surface area contributed by atoms with Crippen molar-refractivity contribution in [1.82, 2.24) is 34.5 Å². The predicted molar refractivity (Wildman–Crippen MR) is 124 cm³/mol. The first-order valence-electron chi connectivity index (χ1n) is 10.9. The first kappa shape index (κ1) is 21.2. The number of aromatic nitrogens is 7. The Morgan fingerprint density at radius 2 is 2.00 bits per heavy atom. The van der Waals surface area contributed by atoms with Gasteiger partial charge in [0.2, 0.25) is 0 Å². The molecule has 1 fully saturated rings. The third kappa shape index (κ3) is 3.96. The highest BCUT2D eigenvalue weighted by Gasteiger charge is 2.36. The molecule has 4 aromatic rings. The molecule has 1 saturated heterocycles. The van der Waals surface area contributed by atoms with Crippen LogP contribution in [0.2, 0.25) is 0 Å². The summed E-state index contributed by atoms with van der Waals surface area (Å²) in [5, 5.41) is 13.7. The van der Waals surface area contributed by atoms with E-state index >= 15 is 0 Å². The summed E-state index contributed by atoms with van der Waals surface area (Å²) in [6.45, 7) is 5.20. The molecule has 5 heterocycles. The Balaban J connectivity index is 1.47. The third-order valence-electron chi connectivity index (χ3n) is 5.91. The lowest BCUT2D eigenvalue weighted by atomic mass is 10.1. The maximum atomic E-state index is 10.2. The van der Waals surface area contributed by atoms with Crippen LogP contribution in [0.5, 0.6) is 0 Å². The SMILES string of the molecule is CCn1c(-c2cnc(C)nc2)nc2c(N[C@H]3C[C@H](C(N)O)N(c4ccccn4)C3)ncnc21. The van der Waals surface area contributed by atoms with Gasteiger partial charge in [0.15, 0.2) is 17.0 Å². The molecule has 1 aliphatic rings. The van der Waals surface area contributed by atoms with Gasteiger partial charge in [-0.3, -0.25) is 0 Å². The van der Waals surface area contributed by atoms with Gasteiger partial charge in [-0.25, -0.2) is 29.9 Å². The van der Waals surface area contributed by atoms with Gasteiger partial charge in [0, 0.05) is 37.7 Å². The van der Waals surface area contributed by atoms with Crippen LogP contribution in [-0.2, 0) is 6.54 Å². The minimum atomic E-state index is -0.989. The first-order valence-corrected chi connectivity index (χ1v) is 10.9. The van der Waals surface area contributed by atoms with Gasteiger partial charge >= 0.3 is 0 Å². The molecule has 0 aromatic carbocycles. The molecule has 0 amide bonds. The number of pyridine rings is 1. The topological polar surface area (TPSA) is 144 Å². The Morgan fingerprint density at radius 3 is 2.70 bits per heavy atom. The number of aliphatic hydroxyl groups is 1. The van der Waals surface area contributed by atoms with Crippen LogP contribution in [-0.4, -0.2) is 64.4 Å². The number of nitrogens with one attached hydrogen (secondary N) is 1. The fourth-order valence-corrected chi connectivity index (χ4v) is 4.35. The van der Waals surface area contributed by atoms with E-state index in [9.17, 15) is 5.11 Å². The Kier molecular flexibility index (Phi) is 5.56. The highest BCUT2D eigenvalue weighted by molar-refractivity contribution is 5.86. The van der Waals surface area contributed by atoms with Crippen molar-refractivity contribution in [2.24, 2.45) is 5.73 Å². The summed E-state index contributed by atoms with van der Waals surface area (Å²) < 4.78 is 2.03. The highest BCUT2D eigenvalue weighted by atomic mass is 16.3. The van der Waals surface area contributed by atoms with E-state index in [-0.39, 0.29) is 12.1 Å². The lowest BCUT2D eigenvalue weighted by Gasteiger charge is -2.27. The monoisotopic (exact) mass is 446 g/mol. The maximum Gasteiger partial charge on any atom is 0.165 e. The second-order valence-corrected chi connectivity index (χ2v) is 8.07. The van der Waals surface area contributed by atoms with Crippen molar-refractivity contribution in [1.29, 1.82) is 0 Å². The zero-order valence-electron chi connectivity index (χ0n) is 18.5. The van der Waals surface area contributed by atoms with Gasteiger partial charge in [-0.05, 0) is 32.4 Å². The molecule has 1 aliphatic heterocycles. The lowest BCUT2D eigenvalue weighted by Crippen LogP contribution is -2.44. The van der Waals surface area contributed by atoms with Crippen molar-refractivity contribution in [2.75, 3.05) is 16.8 Å². The van der Waals surface area contributed by atoms with E-state index in [1.54, 1.807) is 18.6 Å². The second-order valence-electron chi connectivity index (χ2n) is 8.07. The number of hydrogen-bond donors (Lipinski definition) is 3. The van der Waals surface area contributed by atoms with Gasteiger partial charge in [0.1, 0.15) is 30.0 Å². The van der Waals surface area contributed by atoms with Gasteiger partial charge in [-0.2, -0.15) is 0 Å². The van der Waals surface area contributed by atoms with Crippen molar-refractivity contribution < 1.29 is 5.11 Å². The summed E-state index contributed by atoms with van der Waals surface area (Å²) in [6.07, 6.45) is 6.45. The largest absolute Gasteiger partial charge is 0.377 e. The van der Waals surface area contributed by atoms with Gasteiger partial charge in [0.25, 0.3) is 0 Å². The van der Waals surface area contributed by atoms with E-state index in [4.69, 9.17) is 10.7 Å². The molecule has 0 saturated carbocycles.